The fraction of sp³-hybridized carbons (Fsp3) is 0.391. The second-order valence-electron chi connectivity index (χ2n) is 7.27. The van der Waals surface area contributed by atoms with Crippen LogP contribution in [0.15, 0.2) is 47.6 Å². The highest BCUT2D eigenvalue weighted by Crippen LogP contribution is 2.37. The number of nitrogens with zero attached hydrogens (tertiary/aromatic N) is 2. The van der Waals surface area contributed by atoms with E-state index < -0.39 is 5.72 Å². The number of hydrazine groups is 1. The number of carbonyl (C=O) groups is 1. The molecule has 0 radical (unpaired) electrons. The molecule has 0 saturated carbocycles. The normalized spacial score (nSPS) is 16.6. The lowest BCUT2D eigenvalue weighted by molar-refractivity contribution is -0.116. The Hall–Kier alpha value is -3.22. The zero-order valence-corrected chi connectivity index (χ0v) is 17.6. The van der Waals surface area contributed by atoms with E-state index in [1.165, 1.54) is 0 Å². The first-order valence-electron chi connectivity index (χ1n) is 10.5. The van der Waals surface area contributed by atoms with Crippen LogP contribution < -0.4 is 14.9 Å². The number of carbonyl (C=O) groups excluding carboxylic acids is 1. The van der Waals surface area contributed by atoms with E-state index in [0.717, 1.165) is 11.1 Å². The Morgan fingerprint density at radius 1 is 1.07 bits per heavy atom. The highest BCUT2D eigenvalue weighted by molar-refractivity contribution is 6.03. The first-order valence-corrected chi connectivity index (χ1v) is 10.5. The van der Waals surface area contributed by atoms with Gasteiger partial charge in [-0.1, -0.05) is 56.3 Å². The van der Waals surface area contributed by atoms with Gasteiger partial charge >= 0.3 is 0 Å². The highest BCUT2D eigenvalue weighted by atomic mass is 16.7. The standard InChI is InChI=1S/C23H27N3O4/c1-4-17-18(12-13-19-20(17)29-15-14-28-19)22(27)24-26-21(16-10-8-7-9-11-16)25-30-23(26,5-2)6-3/h7-13H,4-6,14-15H2,1-3H3,(H,24,27). The number of hydrogen-bond donors (Lipinski definition) is 1. The van der Waals surface area contributed by atoms with Crippen molar-refractivity contribution in [3.63, 3.8) is 0 Å². The Morgan fingerprint density at radius 2 is 1.80 bits per heavy atom. The molecule has 0 aliphatic carbocycles. The smallest absolute Gasteiger partial charge is 0.270 e. The van der Waals surface area contributed by atoms with E-state index in [-0.39, 0.29) is 5.91 Å². The van der Waals surface area contributed by atoms with Gasteiger partial charge in [0.1, 0.15) is 13.2 Å². The predicted molar refractivity (Wildman–Crippen MR) is 113 cm³/mol. The summed E-state index contributed by atoms with van der Waals surface area (Å²) in [7, 11) is 0. The summed E-state index contributed by atoms with van der Waals surface area (Å²) in [5, 5.41) is 6.09. The minimum absolute atomic E-state index is 0.232. The van der Waals surface area contributed by atoms with Gasteiger partial charge in [-0.3, -0.25) is 10.2 Å². The van der Waals surface area contributed by atoms with Crippen LogP contribution in [0, 0.1) is 0 Å². The molecule has 4 rings (SSSR count). The van der Waals surface area contributed by atoms with E-state index in [9.17, 15) is 4.79 Å². The van der Waals surface area contributed by atoms with E-state index in [2.05, 4.69) is 10.6 Å². The summed E-state index contributed by atoms with van der Waals surface area (Å²) < 4.78 is 11.5. The lowest BCUT2D eigenvalue weighted by atomic mass is 10.0. The largest absolute Gasteiger partial charge is 0.486 e. The number of fused-ring (bicyclic) bond motifs is 1. The molecule has 7 nitrogen and oxygen atoms in total. The van der Waals surface area contributed by atoms with Crippen LogP contribution in [0.25, 0.3) is 0 Å². The molecule has 2 aromatic rings. The second kappa shape index (κ2) is 8.26. The van der Waals surface area contributed by atoms with Crippen LogP contribution in [-0.2, 0) is 11.3 Å². The molecule has 2 aromatic carbocycles. The molecule has 1 amide bonds. The summed E-state index contributed by atoms with van der Waals surface area (Å²) in [5.74, 6) is 1.69. The van der Waals surface area contributed by atoms with Gasteiger partial charge in [-0.2, -0.15) is 0 Å². The summed E-state index contributed by atoms with van der Waals surface area (Å²) >= 11 is 0. The summed E-state index contributed by atoms with van der Waals surface area (Å²) in [5.41, 5.74) is 4.59. The minimum Gasteiger partial charge on any atom is -0.486 e. The third-order valence-corrected chi connectivity index (χ3v) is 5.68. The molecule has 0 spiro atoms. The van der Waals surface area contributed by atoms with E-state index in [0.29, 0.717) is 55.4 Å². The summed E-state index contributed by atoms with van der Waals surface area (Å²) in [4.78, 5) is 19.3. The maximum absolute atomic E-state index is 13.4. The quantitative estimate of drug-likeness (QED) is 0.784. The summed E-state index contributed by atoms with van der Waals surface area (Å²) in [6.07, 6.45) is 1.97. The number of rotatable bonds is 6. The van der Waals surface area contributed by atoms with E-state index in [1.807, 2.05) is 51.1 Å². The monoisotopic (exact) mass is 409 g/mol. The molecule has 0 unspecified atom stereocenters. The topological polar surface area (TPSA) is 72.4 Å². The third kappa shape index (κ3) is 3.34. The lowest BCUT2D eigenvalue weighted by Gasteiger charge is -2.36. The molecule has 158 valence electrons. The van der Waals surface area contributed by atoms with Gasteiger partial charge in [-0.15, -0.1) is 0 Å². The number of amides is 1. The number of nitrogens with one attached hydrogen (secondary N) is 1. The van der Waals surface area contributed by atoms with Crippen molar-refractivity contribution in [2.45, 2.75) is 45.8 Å². The Kier molecular flexibility index (Phi) is 5.53. The molecule has 0 atom stereocenters. The molecule has 2 heterocycles. The van der Waals surface area contributed by atoms with Crippen LogP contribution in [0.4, 0.5) is 0 Å². The van der Waals surface area contributed by atoms with Crippen molar-refractivity contribution in [1.82, 2.24) is 10.4 Å². The Morgan fingerprint density at radius 3 is 2.50 bits per heavy atom. The number of ether oxygens (including phenoxy) is 2. The van der Waals surface area contributed by atoms with Crippen molar-refractivity contribution >= 4 is 11.7 Å². The fourth-order valence-electron chi connectivity index (χ4n) is 3.92. The maximum Gasteiger partial charge on any atom is 0.270 e. The van der Waals surface area contributed by atoms with E-state index in [4.69, 9.17) is 14.3 Å². The predicted octanol–water partition coefficient (Wildman–Crippen LogP) is 3.88. The first-order chi connectivity index (χ1) is 14.6. The fourth-order valence-corrected chi connectivity index (χ4v) is 3.92. The Labute approximate surface area is 176 Å². The van der Waals surface area contributed by atoms with Crippen molar-refractivity contribution in [1.29, 1.82) is 0 Å². The van der Waals surface area contributed by atoms with Gasteiger partial charge in [-0.05, 0) is 18.6 Å². The number of benzene rings is 2. The van der Waals surface area contributed by atoms with Crippen LogP contribution in [0.5, 0.6) is 11.5 Å². The van der Waals surface area contributed by atoms with Crippen LogP contribution in [0.1, 0.15) is 55.1 Å². The zero-order chi connectivity index (χ0) is 21.1. The SMILES string of the molecule is CCc1c(C(=O)NN2C(c3ccccc3)=NOC2(CC)CC)ccc2c1OCCO2. The highest BCUT2D eigenvalue weighted by Gasteiger charge is 2.45. The van der Waals surface area contributed by atoms with Crippen LogP contribution in [0.3, 0.4) is 0 Å². The average Bonchev–Trinajstić information content (AvgIpc) is 3.17. The minimum atomic E-state index is -0.735. The molecule has 0 fully saturated rings. The van der Waals surface area contributed by atoms with Gasteiger partial charge in [0.25, 0.3) is 5.91 Å². The van der Waals surface area contributed by atoms with Crippen LogP contribution in [0.2, 0.25) is 0 Å². The van der Waals surface area contributed by atoms with Gasteiger partial charge < -0.3 is 14.3 Å². The molecule has 0 saturated heterocycles. The van der Waals surface area contributed by atoms with Crippen molar-refractivity contribution in [3.05, 3.63) is 59.2 Å². The number of hydrogen-bond acceptors (Lipinski definition) is 6. The molecule has 30 heavy (non-hydrogen) atoms. The van der Waals surface area contributed by atoms with Gasteiger partial charge in [0, 0.05) is 29.5 Å². The summed E-state index contributed by atoms with van der Waals surface area (Å²) in [6.45, 7) is 7.04. The van der Waals surface area contributed by atoms with E-state index >= 15 is 0 Å². The molecule has 0 aromatic heterocycles. The molecule has 0 bridgehead atoms. The molecular weight excluding hydrogens is 382 g/mol. The van der Waals surface area contributed by atoms with E-state index in [1.54, 1.807) is 17.1 Å². The molecule has 2 aliphatic heterocycles. The van der Waals surface area contributed by atoms with Crippen LogP contribution >= 0.6 is 0 Å². The Bertz CT molecular complexity index is 954. The molecular formula is C23H27N3O4. The Balaban J connectivity index is 1.68. The van der Waals surface area contributed by atoms with Gasteiger partial charge in [-0.25, -0.2) is 5.01 Å². The second-order valence-corrected chi connectivity index (χ2v) is 7.27. The summed E-state index contributed by atoms with van der Waals surface area (Å²) in [6, 6.07) is 13.3. The van der Waals surface area contributed by atoms with Crippen LogP contribution in [-0.4, -0.2) is 35.7 Å². The zero-order valence-electron chi connectivity index (χ0n) is 17.6. The van der Waals surface area contributed by atoms with Gasteiger partial charge in [0.05, 0.1) is 0 Å². The van der Waals surface area contributed by atoms with Crippen molar-refractivity contribution in [2.75, 3.05) is 13.2 Å². The van der Waals surface area contributed by atoms with Crippen molar-refractivity contribution < 1.29 is 19.1 Å². The molecule has 2 aliphatic rings. The first kappa shape index (κ1) is 20.1. The third-order valence-electron chi connectivity index (χ3n) is 5.68. The lowest BCUT2D eigenvalue weighted by Crippen LogP contribution is -2.57. The molecule has 1 N–H and O–H groups in total. The average molecular weight is 409 g/mol. The van der Waals surface area contributed by atoms with Gasteiger partial charge in [0.2, 0.25) is 5.72 Å². The molecule has 7 heteroatoms. The maximum atomic E-state index is 13.4. The van der Waals surface area contributed by atoms with Crippen molar-refractivity contribution in [2.24, 2.45) is 5.16 Å². The van der Waals surface area contributed by atoms with Crippen molar-refractivity contribution in [3.8, 4) is 11.5 Å². The number of amidine groups is 1. The number of oxime groups is 1. The van der Waals surface area contributed by atoms with Gasteiger partial charge in [0.15, 0.2) is 17.3 Å².